The van der Waals surface area contributed by atoms with Crippen molar-refractivity contribution < 1.29 is 0 Å². The number of rotatable bonds is 0. The SMILES string of the molecule is [CH]1/C=C/C/C=C/CCC/C=C\CC1. The summed E-state index contributed by atoms with van der Waals surface area (Å²) >= 11 is 0. The fourth-order valence-electron chi connectivity index (χ4n) is 1.35. The van der Waals surface area contributed by atoms with Gasteiger partial charge < -0.3 is 0 Å². The van der Waals surface area contributed by atoms with Crippen molar-refractivity contribution >= 4 is 0 Å². The molecule has 0 heteroatoms. The maximum absolute atomic E-state index is 2.31. The minimum absolute atomic E-state index is 1.09. The lowest BCUT2D eigenvalue weighted by molar-refractivity contribution is 0.860. The van der Waals surface area contributed by atoms with Crippen LogP contribution in [-0.2, 0) is 0 Å². The molecular formula is C13H19. The molecule has 0 aliphatic heterocycles. The van der Waals surface area contributed by atoms with Crippen molar-refractivity contribution in [1.29, 1.82) is 0 Å². The Balaban J connectivity index is 2.27. The van der Waals surface area contributed by atoms with Gasteiger partial charge in [0.1, 0.15) is 0 Å². The summed E-state index contributed by atoms with van der Waals surface area (Å²) in [5, 5.41) is 0. The van der Waals surface area contributed by atoms with E-state index in [0.717, 1.165) is 6.42 Å². The lowest BCUT2D eigenvalue weighted by Gasteiger charge is -1.90. The van der Waals surface area contributed by atoms with Crippen LogP contribution in [0.5, 0.6) is 0 Å². The molecule has 1 aliphatic carbocycles. The predicted molar refractivity (Wildman–Crippen MR) is 59.4 cm³/mol. The summed E-state index contributed by atoms with van der Waals surface area (Å²) < 4.78 is 0. The average Bonchev–Trinajstić information content (AvgIpc) is 2.18. The molecule has 0 unspecified atom stereocenters. The standard InChI is InChI=1S/C13H19/c1-2-4-6-8-10-12-13-11-9-7-5-3-1/h1-3,6,8-9,11H,4-5,7,10,12-13H2/b2-1+,8-6+,11-9-. The van der Waals surface area contributed by atoms with Crippen LogP contribution in [0.4, 0.5) is 0 Å². The van der Waals surface area contributed by atoms with Crippen molar-refractivity contribution in [3.05, 3.63) is 42.9 Å². The first-order chi connectivity index (χ1) is 6.50. The van der Waals surface area contributed by atoms with E-state index in [-0.39, 0.29) is 0 Å². The molecule has 0 N–H and O–H groups in total. The lowest BCUT2D eigenvalue weighted by atomic mass is 10.2. The molecule has 0 saturated heterocycles. The molecule has 13 heavy (non-hydrogen) atoms. The lowest BCUT2D eigenvalue weighted by Crippen LogP contribution is -1.71. The minimum atomic E-state index is 1.09. The van der Waals surface area contributed by atoms with Crippen LogP contribution in [0.2, 0.25) is 0 Å². The van der Waals surface area contributed by atoms with Crippen LogP contribution in [0.3, 0.4) is 0 Å². The molecule has 0 aromatic rings. The van der Waals surface area contributed by atoms with E-state index in [4.69, 9.17) is 0 Å². The molecule has 0 heterocycles. The number of hydrogen-bond donors (Lipinski definition) is 0. The molecule has 0 aromatic heterocycles. The molecular weight excluding hydrogens is 156 g/mol. The van der Waals surface area contributed by atoms with Crippen LogP contribution in [0, 0.1) is 6.42 Å². The van der Waals surface area contributed by atoms with Gasteiger partial charge in [0.2, 0.25) is 0 Å². The molecule has 0 aromatic carbocycles. The third kappa shape index (κ3) is 6.39. The first-order valence-corrected chi connectivity index (χ1v) is 5.28. The van der Waals surface area contributed by atoms with E-state index >= 15 is 0 Å². The van der Waals surface area contributed by atoms with E-state index in [1.54, 1.807) is 0 Å². The van der Waals surface area contributed by atoms with Crippen molar-refractivity contribution in [2.75, 3.05) is 0 Å². The summed E-state index contributed by atoms with van der Waals surface area (Å²) in [7, 11) is 0. The Labute approximate surface area is 82.0 Å². The molecule has 0 nitrogen and oxygen atoms in total. The Bertz CT molecular complexity index is 164. The summed E-state index contributed by atoms with van der Waals surface area (Å²) in [4.78, 5) is 0. The van der Waals surface area contributed by atoms with E-state index in [9.17, 15) is 0 Å². The van der Waals surface area contributed by atoms with E-state index in [1.807, 2.05) is 0 Å². The van der Waals surface area contributed by atoms with Crippen molar-refractivity contribution in [2.24, 2.45) is 0 Å². The highest BCUT2D eigenvalue weighted by Crippen LogP contribution is 2.03. The average molecular weight is 175 g/mol. The minimum Gasteiger partial charge on any atom is -0.0885 e. The van der Waals surface area contributed by atoms with Gasteiger partial charge in [-0.15, -0.1) is 0 Å². The van der Waals surface area contributed by atoms with Crippen LogP contribution in [0.15, 0.2) is 36.5 Å². The highest BCUT2D eigenvalue weighted by Gasteiger charge is 1.84. The highest BCUT2D eigenvalue weighted by molar-refractivity contribution is 5.00. The first-order valence-electron chi connectivity index (χ1n) is 5.28. The molecule has 0 saturated carbocycles. The van der Waals surface area contributed by atoms with Crippen LogP contribution < -0.4 is 0 Å². The zero-order valence-electron chi connectivity index (χ0n) is 8.28. The second-order valence-electron chi connectivity index (χ2n) is 3.35. The summed E-state index contributed by atoms with van der Waals surface area (Å²) in [5.41, 5.74) is 0. The van der Waals surface area contributed by atoms with Crippen molar-refractivity contribution in [3.63, 3.8) is 0 Å². The largest absolute Gasteiger partial charge is 0.0885 e. The Morgan fingerprint density at radius 2 is 1.38 bits per heavy atom. The summed E-state index contributed by atoms with van der Waals surface area (Å²) in [5.74, 6) is 0. The quantitative estimate of drug-likeness (QED) is 0.484. The van der Waals surface area contributed by atoms with E-state index in [2.05, 4.69) is 42.9 Å². The Morgan fingerprint density at radius 1 is 0.615 bits per heavy atom. The zero-order valence-corrected chi connectivity index (χ0v) is 8.28. The van der Waals surface area contributed by atoms with Crippen LogP contribution in [0.25, 0.3) is 0 Å². The Kier molecular flexibility index (Phi) is 6.22. The molecule has 0 fully saturated rings. The molecule has 0 atom stereocenters. The van der Waals surface area contributed by atoms with Gasteiger partial charge in [-0.25, -0.2) is 0 Å². The molecule has 71 valence electrons. The fraction of sp³-hybridized carbons (Fsp3) is 0.462. The molecule has 0 amide bonds. The second kappa shape index (κ2) is 7.85. The highest BCUT2D eigenvalue weighted by atomic mass is 13.9. The smallest absolute Gasteiger partial charge is 0.0167 e. The maximum Gasteiger partial charge on any atom is -0.0167 e. The van der Waals surface area contributed by atoms with Gasteiger partial charge in [-0.3, -0.25) is 0 Å². The number of allylic oxidation sites excluding steroid dienone is 6. The van der Waals surface area contributed by atoms with Gasteiger partial charge in [0.25, 0.3) is 0 Å². The Morgan fingerprint density at radius 3 is 2.31 bits per heavy atom. The first kappa shape index (κ1) is 10.3. The zero-order chi connectivity index (χ0) is 9.19. The van der Waals surface area contributed by atoms with E-state index in [0.29, 0.717) is 0 Å². The van der Waals surface area contributed by atoms with E-state index < -0.39 is 0 Å². The third-order valence-electron chi connectivity index (χ3n) is 2.12. The van der Waals surface area contributed by atoms with Crippen molar-refractivity contribution in [3.8, 4) is 0 Å². The topological polar surface area (TPSA) is 0 Å². The van der Waals surface area contributed by atoms with Crippen molar-refractivity contribution in [1.82, 2.24) is 0 Å². The fourth-order valence-corrected chi connectivity index (χ4v) is 1.35. The monoisotopic (exact) mass is 175 g/mol. The summed E-state index contributed by atoms with van der Waals surface area (Å²) in [6.45, 7) is 0. The van der Waals surface area contributed by atoms with E-state index in [1.165, 1.54) is 32.1 Å². The van der Waals surface area contributed by atoms with Gasteiger partial charge in [0.15, 0.2) is 0 Å². The molecule has 0 bridgehead atoms. The van der Waals surface area contributed by atoms with Gasteiger partial charge in [0, 0.05) is 0 Å². The second-order valence-corrected chi connectivity index (χ2v) is 3.35. The summed E-state index contributed by atoms with van der Waals surface area (Å²) in [6.07, 6.45) is 23.0. The normalized spacial score (nSPS) is 27.7. The molecule has 1 rings (SSSR count). The molecule has 1 radical (unpaired) electrons. The Hall–Kier alpha value is -0.780. The van der Waals surface area contributed by atoms with Gasteiger partial charge in [-0.2, -0.15) is 0 Å². The van der Waals surface area contributed by atoms with Crippen molar-refractivity contribution in [2.45, 2.75) is 38.5 Å². The molecule has 0 spiro atoms. The summed E-state index contributed by atoms with van der Waals surface area (Å²) in [6, 6.07) is 0. The number of hydrogen-bond acceptors (Lipinski definition) is 0. The van der Waals surface area contributed by atoms with Gasteiger partial charge >= 0.3 is 0 Å². The maximum atomic E-state index is 2.31. The van der Waals surface area contributed by atoms with Gasteiger partial charge in [-0.05, 0) is 44.9 Å². The van der Waals surface area contributed by atoms with Crippen LogP contribution in [0.1, 0.15) is 38.5 Å². The van der Waals surface area contributed by atoms with Crippen LogP contribution in [-0.4, -0.2) is 0 Å². The molecule has 1 aliphatic rings. The van der Waals surface area contributed by atoms with Gasteiger partial charge in [-0.1, -0.05) is 36.5 Å². The van der Waals surface area contributed by atoms with Crippen LogP contribution >= 0.6 is 0 Å². The van der Waals surface area contributed by atoms with Gasteiger partial charge in [0.05, 0.1) is 0 Å². The third-order valence-corrected chi connectivity index (χ3v) is 2.12. The predicted octanol–water partition coefficient (Wildman–Crippen LogP) is 4.21.